The van der Waals surface area contributed by atoms with Crippen molar-refractivity contribution in [2.75, 3.05) is 81.0 Å². The molecule has 1 aliphatic heterocycles. The van der Waals surface area contributed by atoms with Gasteiger partial charge in [-0.15, -0.1) is 0 Å². The third-order valence-corrected chi connectivity index (χ3v) is 16.1. The van der Waals surface area contributed by atoms with Crippen LogP contribution in [0.15, 0.2) is 65.1 Å². The smallest absolute Gasteiger partial charge is 0.363 e. The third kappa shape index (κ3) is 21.2. The number of unbranched alkanes of at least 4 members (excludes halogenated alkanes) is 3. The van der Waals surface area contributed by atoms with E-state index in [0.717, 1.165) is 59.5 Å². The summed E-state index contributed by atoms with van der Waals surface area (Å²) in [5.41, 5.74) is 5.73. The summed E-state index contributed by atoms with van der Waals surface area (Å²) in [6, 6.07) is 16.5. The molecule has 0 aliphatic carbocycles. The molecule has 0 unspecified atom stereocenters. The molecule has 5 rings (SSSR count). The lowest BCUT2D eigenvalue weighted by Gasteiger charge is -2.35. The Balaban J connectivity index is 1.03. The lowest BCUT2D eigenvalue weighted by Crippen LogP contribution is -2.52. The molecule has 2 heterocycles. The van der Waals surface area contributed by atoms with Gasteiger partial charge >= 0.3 is 17.1 Å². The van der Waals surface area contributed by atoms with E-state index in [4.69, 9.17) is 4.42 Å². The molecule has 7 N–H and O–H groups in total. The van der Waals surface area contributed by atoms with Gasteiger partial charge in [0.1, 0.15) is 23.9 Å². The van der Waals surface area contributed by atoms with Crippen molar-refractivity contribution in [1.82, 2.24) is 36.4 Å². The molecule has 86 heavy (non-hydrogen) atoms. The van der Waals surface area contributed by atoms with Gasteiger partial charge < -0.3 is 51.3 Å². The van der Waals surface area contributed by atoms with Crippen molar-refractivity contribution in [2.45, 2.75) is 151 Å². The third-order valence-electron chi connectivity index (χ3n) is 15.3. The van der Waals surface area contributed by atoms with Crippen LogP contribution in [0.5, 0.6) is 0 Å². The monoisotopic (exact) mass is 1210 g/mol. The number of carbonyl (C=O) groups is 8. The van der Waals surface area contributed by atoms with Gasteiger partial charge in [0.05, 0.1) is 22.9 Å². The van der Waals surface area contributed by atoms with Crippen LogP contribution in [0.4, 0.5) is 11.4 Å². The fourth-order valence-corrected chi connectivity index (χ4v) is 11.4. The predicted molar refractivity (Wildman–Crippen MR) is 334 cm³/mol. The van der Waals surface area contributed by atoms with E-state index < -0.39 is 57.7 Å². The molecular formula is C63H92N9O13S+. The number of amides is 7. The minimum atomic E-state index is -4.68. The number of piperazine rings is 1. The van der Waals surface area contributed by atoms with Gasteiger partial charge in [-0.3, -0.25) is 38.1 Å². The minimum absolute atomic E-state index is 0.0355. The maximum absolute atomic E-state index is 14.5. The summed E-state index contributed by atoms with van der Waals surface area (Å²) < 4.78 is 39.9. The van der Waals surface area contributed by atoms with Crippen LogP contribution < -0.4 is 36.4 Å². The van der Waals surface area contributed by atoms with Gasteiger partial charge in [0.2, 0.25) is 35.4 Å². The van der Waals surface area contributed by atoms with Crippen LogP contribution in [0.25, 0.3) is 33.1 Å². The van der Waals surface area contributed by atoms with E-state index in [0.29, 0.717) is 88.0 Å². The van der Waals surface area contributed by atoms with Gasteiger partial charge in [-0.05, 0) is 127 Å². The molecule has 472 valence electrons. The molecule has 3 atom stereocenters. The first-order valence-corrected chi connectivity index (χ1v) is 32.2. The molecule has 7 amide bonds. The first-order valence-electron chi connectivity index (χ1n) is 30.6. The highest BCUT2D eigenvalue weighted by atomic mass is 32.2. The molecule has 0 radical (unpaired) electrons. The summed E-state index contributed by atoms with van der Waals surface area (Å²) in [6.07, 6.45) is 2.98. The molecule has 0 spiro atoms. The quantitative estimate of drug-likeness (QED) is 0.0104. The number of anilines is 2. The largest absolute Gasteiger partial charge is 0.480 e. The van der Waals surface area contributed by atoms with E-state index >= 15 is 0 Å². The zero-order valence-electron chi connectivity index (χ0n) is 51.5. The highest BCUT2D eigenvalue weighted by Crippen LogP contribution is 2.41. The topological polar surface area (TPSA) is 296 Å². The second-order valence-corrected chi connectivity index (χ2v) is 24.3. The lowest BCUT2D eigenvalue weighted by atomic mass is 9.92. The van der Waals surface area contributed by atoms with E-state index in [1.165, 1.54) is 0 Å². The van der Waals surface area contributed by atoms with Crippen LogP contribution in [-0.2, 0) is 43.7 Å². The molecule has 1 aromatic heterocycles. The van der Waals surface area contributed by atoms with Crippen molar-refractivity contribution in [1.29, 1.82) is 0 Å². The van der Waals surface area contributed by atoms with Crippen LogP contribution in [0.1, 0.15) is 143 Å². The van der Waals surface area contributed by atoms with Crippen molar-refractivity contribution in [3.63, 3.8) is 0 Å². The standard InChI is InChI=1S/C63H91N9O13S/c1-9-69(10-2)44-27-29-48-53(39-44)85-54-40-45(70(11-3)12-4)28-30-49(54)59(48)46-21-13-14-22-47(46)62(79)72-35-33-71(34-36-72)58(76)26-16-15-24-57(75)67-52(41-86(82,83)84)60(77)65-32-20-17-23-55(73)64-31-19-18-25-56(74)66-50(37-42(5)6)61(78)68-51(63(80)81)38-43(7)8/h13-14,21-22,27-30,39-40,42-43,50-52H,9-12,15-20,23-26,31-38,41H2,1-8H3,(H6-,64,65,66,67,68,73,74,75,77,78,80,81,82,83,84)/p+1/t50-,51-,52-/m0/s1. The molecule has 0 bridgehead atoms. The summed E-state index contributed by atoms with van der Waals surface area (Å²) in [5, 5.41) is 24.3. The van der Waals surface area contributed by atoms with E-state index in [9.17, 15) is 56.4 Å². The molecular weight excluding hydrogens is 1120 g/mol. The summed E-state index contributed by atoms with van der Waals surface area (Å²) in [4.78, 5) is 112. The number of carboxylic acid groups (broad SMARTS) is 1. The van der Waals surface area contributed by atoms with Crippen LogP contribution in [0, 0.1) is 11.8 Å². The SMILES string of the molecule is CCN(CC)c1ccc2c(-c3ccccc3C(=O)N3CCN(C(=O)CCCCC(=O)N[C@@H](CS(=O)(=O)O)C(=O)NCCCCC(=O)NCCCCC(=O)N[C@@H](CC(C)C)C(=O)N[C@@H](CC(C)C)C(=O)O)CC3)c3ccc(N(CC)CC)cc3[o+]c2c1. The van der Waals surface area contributed by atoms with Crippen LogP contribution in [-0.4, -0.2) is 165 Å². The average molecular weight is 1220 g/mol. The first-order chi connectivity index (χ1) is 41.0. The molecule has 1 saturated heterocycles. The summed E-state index contributed by atoms with van der Waals surface area (Å²) in [5.74, 6) is -5.05. The van der Waals surface area contributed by atoms with E-state index in [1.54, 1.807) is 9.80 Å². The van der Waals surface area contributed by atoms with Gasteiger partial charge in [0.15, 0.2) is 0 Å². The predicted octanol–water partition coefficient (Wildman–Crippen LogP) is 7.16. The second kappa shape index (κ2) is 34.1. The zero-order valence-corrected chi connectivity index (χ0v) is 52.3. The molecule has 1 aliphatic rings. The van der Waals surface area contributed by atoms with Crippen LogP contribution in [0.2, 0.25) is 0 Å². The molecule has 3 aromatic carbocycles. The summed E-state index contributed by atoms with van der Waals surface area (Å²) in [7, 11) is -4.68. The van der Waals surface area contributed by atoms with Crippen molar-refractivity contribution >= 4 is 90.8 Å². The molecule has 4 aromatic rings. The maximum Gasteiger partial charge on any atom is 0.363 e. The highest BCUT2D eigenvalue weighted by molar-refractivity contribution is 7.85. The maximum atomic E-state index is 14.5. The highest BCUT2D eigenvalue weighted by Gasteiger charge is 2.32. The number of hydrogen-bond acceptors (Lipinski definition) is 12. The van der Waals surface area contributed by atoms with Crippen molar-refractivity contribution in [2.24, 2.45) is 11.8 Å². The van der Waals surface area contributed by atoms with E-state index in [-0.39, 0.29) is 80.5 Å². The number of nitrogens with one attached hydrogen (secondary N) is 5. The number of carboxylic acids is 1. The number of hydrogen-bond donors (Lipinski definition) is 7. The van der Waals surface area contributed by atoms with Gasteiger partial charge in [0, 0.05) is 114 Å². The van der Waals surface area contributed by atoms with E-state index in [2.05, 4.69) is 100 Å². The van der Waals surface area contributed by atoms with Crippen molar-refractivity contribution in [3.05, 3.63) is 66.2 Å². The second-order valence-electron chi connectivity index (χ2n) is 22.8. The molecule has 1 fully saturated rings. The van der Waals surface area contributed by atoms with Crippen molar-refractivity contribution < 1.29 is 60.9 Å². The van der Waals surface area contributed by atoms with Crippen LogP contribution in [0.3, 0.4) is 0 Å². The average Bonchev–Trinajstić information content (AvgIpc) is 0.776. The lowest BCUT2D eigenvalue weighted by molar-refractivity contribution is -0.142. The Morgan fingerprint density at radius 3 is 1.57 bits per heavy atom. The van der Waals surface area contributed by atoms with Gasteiger partial charge in [0.25, 0.3) is 16.0 Å². The van der Waals surface area contributed by atoms with Crippen LogP contribution >= 0.6 is 0 Å². The summed E-state index contributed by atoms with van der Waals surface area (Å²) in [6.45, 7) is 20.9. The fraction of sp³-hybridized carbons (Fsp3) is 0.571. The molecule has 22 nitrogen and oxygen atoms in total. The number of carbonyl (C=O) groups excluding carboxylic acids is 7. The Morgan fingerprint density at radius 2 is 1.05 bits per heavy atom. The number of fused-ring (bicyclic) bond motifs is 2. The molecule has 23 heteroatoms. The van der Waals surface area contributed by atoms with Gasteiger partial charge in [-0.25, -0.2) is 9.21 Å². The Morgan fingerprint density at radius 1 is 0.570 bits per heavy atom. The zero-order chi connectivity index (χ0) is 63.1. The van der Waals surface area contributed by atoms with Crippen molar-refractivity contribution in [3.8, 4) is 11.1 Å². The summed E-state index contributed by atoms with van der Waals surface area (Å²) >= 11 is 0. The fourth-order valence-electron chi connectivity index (χ4n) is 10.7. The number of nitrogens with zero attached hydrogens (tertiary/aromatic N) is 4. The van der Waals surface area contributed by atoms with Gasteiger partial charge in [-0.1, -0.05) is 45.9 Å². The number of benzene rings is 3. The van der Waals surface area contributed by atoms with E-state index in [1.807, 2.05) is 52.0 Å². The minimum Gasteiger partial charge on any atom is -0.480 e. The Labute approximate surface area is 506 Å². The molecule has 0 saturated carbocycles. The Bertz CT molecular complexity index is 3020. The number of rotatable bonds is 35. The normalized spacial score (nSPS) is 13.7. The Hall–Kier alpha value is -7.40. The number of aliphatic carboxylic acids is 1. The van der Waals surface area contributed by atoms with Gasteiger partial charge in [-0.2, -0.15) is 8.42 Å². The first kappa shape index (κ1) is 69.4. The Kier molecular flexibility index (Phi) is 27.5.